The molecule has 1 N–H and O–H groups in total. The van der Waals surface area contributed by atoms with Crippen molar-refractivity contribution in [2.75, 3.05) is 0 Å². The number of hydrogen-bond donors (Lipinski definition) is 1. The molecule has 0 amide bonds. The van der Waals surface area contributed by atoms with Crippen LogP contribution < -0.4 is 5.32 Å². The van der Waals surface area contributed by atoms with Gasteiger partial charge < -0.3 is 5.32 Å². The Balaban J connectivity index is 0.000000720. The summed E-state index contributed by atoms with van der Waals surface area (Å²) in [7, 11) is 0. The van der Waals surface area contributed by atoms with Crippen LogP contribution in [0.2, 0.25) is 0 Å². The van der Waals surface area contributed by atoms with Gasteiger partial charge in [-0.05, 0) is 33.1 Å². The minimum Gasteiger partial charge on any atom is -0.309 e. The molecule has 1 aliphatic heterocycles. The van der Waals surface area contributed by atoms with E-state index in [0.29, 0.717) is 4.47 Å². The lowest BCUT2D eigenvalue weighted by Crippen LogP contribution is -2.00. The molecule has 0 saturated carbocycles. The number of fused-ring (bicyclic) bond motifs is 1. The van der Waals surface area contributed by atoms with Crippen molar-refractivity contribution in [3.8, 4) is 0 Å². The molecule has 1 nitrogen and oxygen atoms in total. The van der Waals surface area contributed by atoms with Crippen LogP contribution in [-0.2, 0) is 13.1 Å². The van der Waals surface area contributed by atoms with Crippen molar-refractivity contribution in [2.45, 2.75) is 13.1 Å². The van der Waals surface area contributed by atoms with Crippen LogP contribution >= 0.6 is 28.3 Å². The van der Waals surface area contributed by atoms with Gasteiger partial charge in [-0.3, -0.25) is 0 Å². The van der Waals surface area contributed by atoms with Gasteiger partial charge in [0.15, 0.2) is 0 Å². The van der Waals surface area contributed by atoms with Gasteiger partial charge in [-0.1, -0.05) is 6.07 Å². The van der Waals surface area contributed by atoms with Crippen molar-refractivity contribution >= 4 is 28.3 Å². The minimum absolute atomic E-state index is 0. The number of nitrogens with one attached hydrogen (secondary N) is 1. The summed E-state index contributed by atoms with van der Waals surface area (Å²) < 4.78 is 13.5. The maximum atomic E-state index is 12.9. The normalized spacial score (nSPS) is 13.8. The summed E-state index contributed by atoms with van der Waals surface area (Å²) in [6, 6.07) is 3.32. The topological polar surface area (TPSA) is 12.0 Å². The lowest BCUT2D eigenvalue weighted by molar-refractivity contribution is 0.618. The van der Waals surface area contributed by atoms with Crippen LogP contribution in [0.5, 0.6) is 0 Å². The summed E-state index contributed by atoms with van der Waals surface area (Å²) in [6.07, 6.45) is 0. The van der Waals surface area contributed by atoms with Gasteiger partial charge in [0, 0.05) is 13.1 Å². The Kier molecular flexibility index (Phi) is 3.09. The average Bonchev–Trinajstić information content (AvgIpc) is 2.45. The van der Waals surface area contributed by atoms with E-state index in [1.54, 1.807) is 0 Å². The van der Waals surface area contributed by atoms with Crippen molar-refractivity contribution in [1.29, 1.82) is 0 Å². The van der Waals surface area contributed by atoms with Gasteiger partial charge >= 0.3 is 0 Å². The first-order valence-electron chi connectivity index (χ1n) is 3.45. The van der Waals surface area contributed by atoms with Crippen molar-refractivity contribution in [2.24, 2.45) is 0 Å². The molecule has 2 rings (SSSR count). The van der Waals surface area contributed by atoms with Crippen molar-refractivity contribution < 1.29 is 4.39 Å². The fourth-order valence-electron chi connectivity index (χ4n) is 1.31. The Morgan fingerprint density at radius 2 is 2.08 bits per heavy atom. The molecule has 4 heteroatoms. The van der Waals surface area contributed by atoms with E-state index in [1.165, 1.54) is 11.6 Å². The summed E-state index contributed by atoms with van der Waals surface area (Å²) in [4.78, 5) is 0. The highest BCUT2D eigenvalue weighted by Gasteiger charge is 2.15. The lowest BCUT2D eigenvalue weighted by atomic mass is 10.1. The van der Waals surface area contributed by atoms with E-state index in [9.17, 15) is 4.39 Å². The Bertz CT molecular complexity index is 303. The zero-order valence-corrected chi connectivity index (χ0v) is 8.64. The second kappa shape index (κ2) is 3.73. The van der Waals surface area contributed by atoms with Gasteiger partial charge in [0.05, 0.1) is 4.47 Å². The lowest BCUT2D eigenvalue weighted by Gasteiger charge is -2.00. The number of rotatable bonds is 0. The molecule has 1 aliphatic rings. The second-order valence-electron chi connectivity index (χ2n) is 2.60. The predicted molar refractivity (Wildman–Crippen MR) is 51.9 cm³/mol. The summed E-state index contributed by atoms with van der Waals surface area (Å²) in [5.41, 5.74) is 2.25. The van der Waals surface area contributed by atoms with Crippen LogP contribution in [0.25, 0.3) is 0 Å². The van der Waals surface area contributed by atoms with Crippen LogP contribution in [-0.4, -0.2) is 0 Å². The first-order valence-corrected chi connectivity index (χ1v) is 4.25. The van der Waals surface area contributed by atoms with Gasteiger partial charge in [-0.25, -0.2) is 4.39 Å². The molecule has 1 aromatic rings. The number of halogens is 3. The van der Waals surface area contributed by atoms with E-state index in [2.05, 4.69) is 21.2 Å². The summed E-state index contributed by atoms with van der Waals surface area (Å²) in [6.45, 7) is 1.63. The molecule has 1 heterocycles. The Morgan fingerprint density at radius 3 is 2.83 bits per heavy atom. The van der Waals surface area contributed by atoms with Crippen LogP contribution in [0.15, 0.2) is 16.6 Å². The zero-order chi connectivity index (χ0) is 7.84. The fourth-order valence-corrected chi connectivity index (χ4v) is 1.84. The van der Waals surface area contributed by atoms with Crippen molar-refractivity contribution in [1.82, 2.24) is 5.32 Å². The third-order valence-electron chi connectivity index (χ3n) is 1.91. The van der Waals surface area contributed by atoms with Crippen LogP contribution in [0.4, 0.5) is 4.39 Å². The molecule has 0 bridgehead atoms. The zero-order valence-electron chi connectivity index (χ0n) is 6.23. The second-order valence-corrected chi connectivity index (χ2v) is 3.40. The van der Waals surface area contributed by atoms with Crippen molar-refractivity contribution in [3.05, 3.63) is 33.5 Å². The number of benzene rings is 1. The molecular formula is C8H8BrClFN. The van der Waals surface area contributed by atoms with Crippen molar-refractivity contribution in [3.63, 3.8) is 0 Å². The summed E-state index contributed by atoms with van der Waals surface area (Å²) in [5.74, 6) is -0.174. The molecule has 66 valence electrons. The van der Waals surface area contributed by atoms with E-state index in [0.717, 1.165) is 18.7 Å². The van der Waals surface area contributed by atoms with Gasteiger partial charge in [-0.15, -0.1) is 12.4 Å². The van der Waals surface area contributed by atoms with Crippen LogP contribution in [0.3, 0.4) is 0 Å². The molecule has 0 unspecified atom stereocenters. The first-order chi connectivity index (χ1) is 5.29. The average molecular weight is 253 g/mol. The third-order valence-corrected chi connectivity index (χ3v) is 2.77. The van der Waals surface area contributed by atoms with E-state index in [-0.39, 0.29) is 18.2 Å². The molecule has 0 saturated heterocycles. The summed E-state index contributed by atoms with van der Waals surface area (Å²) in [5, 5.41) is 3.16. The quantitative estimate of drug-likeness (QED) is 0.748. The molecule has 0 spiro atoms. The van der Waals surface area contributed by atoms with Crippen LogP contribution in [0.1, 0.15) is 11.1 Å². The predicted octanol–water partition coefficient (Wildman–Crippen LogP) is 2.61. The van der Waals surface area contributed by atoms with E-state index in [4.69, 9.17) is 0 Å². The molecule has 0 radical (unpaired) electrons. The molecule has 0 aliphatic carbocycles. The monoisotopic (exact) mass is 251 g/mol. The molecule has 0 fully saturated rings. The molecular weight excluding hydrogens is 244 g/mol. The van der Waals surface area contributed by atoms with Crippen LogP contribution in [0, 0.1) is 5.82 Å². The van der Waals surface area contributed by atoms with Gasteiger partial charge in [-0.2, -0.15) is 0 Å². The van der Waals surface area contributed by atoms with E-state index >= 15 is 0 Å². The standard InChI is InChI=1S/C8H7BrFN.ClH/c9-8-6-4-11-3-5(6)1-2-7(8)10;/h1-2,11H,3-4H2;1H. The Labute approximate surface area is 84.9 Å². The Hall–Kier alpha value is -0.120. The van der Waals surface area contributed by atoms with Gasteiger partial charge in [0.2, 0.25) is 0 Å². The third kappa shape index (κ3) is 1.49. The largest absolute Gasteiger partial charge is 0.309 e. The SMILES string of the molecule is Cl.Fc1ccc2c(c1Br)CNC2. The maximum Gasteiger partial charge on any atom is 0.137 e. The minimum atomic E-state index is -0.174. The van der Waals surface area contributed by atoms with Gasteiger partial charge in [0.1, 0.15) is 5.82 Å². The highest BCUT2D eigenvalue weighted by atomic mass is 79.9. The highest BCUT2D eigenvalue weighted by molar-refractivity contribution is 9.10. The molecule has 0 aromatic heterocycles. The van der Waals surface area contributed by atoms with E-state index in [1.807, 2.05) is 6.07 Å². The Morgan fingerprint density at radius 1 is 1.33 bits per heavy atom. The first kappa shape index (κ1) is 9.96. The fraction of sp³-hybridized carbons (Fsp3) is 0.250. The van der Waals surface area contributed by atoms with Gasteiger partial charge in [0.25, 0.3) is 0 Å². The summed E-state index contributed by atoms with van der Waals surface area (Å²) >= 11 is 3.22. The molecule has 12 heavy (non-hydrogen) atoms. The number of hydrogen-bond acceptors (Lipinski definition) is 1. The smallest absolute Gasteiger partial charge is 0.137 e. The van der Waals surface area contributed by atoms with E-state index < -0.39 is 0 Å². The highest BCUT2D eigenvalue weighted by Crippen LogP contribution is 2.26. The maximum absolute atomic E-state index is 12.9. The molecule has 1 aromatic carbocycles. The molecule has 0 atom stereocenters.